The predicted octanol–water partition coefficient (Wildman–Crippen LogP) is 3.39. The van der Waals surface area contributed by atoms with Gasteiger partial charge >= 0.3 is 5.97 Å². The molecule has 2 aromatic carbocycles. The van der Waals surface area contributed by atoms with Crippen LogP contribution in [0.1, 0.15) is 23.0 Å². The number of nitrogens with one attached hydrogen (secondary N) is 1. The van der Waals surface area contributed by atoms with Gasteiger partial charge in [0.1, 0.15) is 0 Å². The number of anilines is 1. The maximum atomic E-state index is 12.6. The van der Waals surface area contributed by atoms with E-state index < -0.39 is 24.0 Å². The van der Waals surface area contributed by atoms with Crippen molar-refractivity contribution in [2.24, 2.45) is 0 Å². The third kappa shape index (κ3) is 5.49. The van der Waals surface area contributed by atoms with Crippen molar-refractivity contribution in [1.82, 2.24) is 9.78 Å². The van der Waals surface area contributed by atoms with Crippen LogP contribution in [-0.2, 0) is 9.53 Å². The van der Waals surface area contributed by atoms with Crippen molar-refractivity contribution in [3.8, 4) is 11.4 Å². The van der Waals surface area contributed by atoms with Crippen LogP contribution in [0.3, 0.4) is 0 Å². The van der Waals surface area contributed by atoms with Gasteiger partial charge in [0.2, 0.25) is 5.69 Å². The van der Waals surface area contributed by atoms with Crippen molar-refractivity contribution in [2.75, 3.05) is 18.5 Å². The summed E-state index contributed by atoms with van der Waals surface area (Å²) in [5.74, 6) is -1.42. The summed E-state index contributed by atoms with van der Waals surface area (Å²) in [6.45, 7) is 3.23. The van der Waals surface area contributed by atoms with Crippen LogP contribution in [0.4, 0.5) is 5.69 Å². The van der Waals surface area contributed by atoms with Gasteiger partial charge in [-0.2, -0.15) is 9.78 Å². The van der Waals surface area contributed by atoms with Gasteiger partial charge in [0.25, 0.3) is 11.5 Å². The summed E-state index contributed by atoms with van der Waals surface area (Å²) in [5, 5.41) is 7.03. The fourth-order valence-electron chi connectivity index (χ4n) is 2.66. The molecule has 1 N–H and O–H groups in total. The number of rotatable bonds is 7. The lowest BCUT2D eigenvalue weighted by atomic mass is 10.2. The van der Waals surface area contributed by atoms with E-state index in [0.717, 1.165) is 16.3 Å². The van der Waals surface area contributed by atoms with Crippen LogP contribution < -0.4 is 15.6 Å². The van der Waals surface area contributed by atoms with Crippen LogP contribution in [0, 0.1) is 6.92 Å². The van der Waals surface area contributed by atoms with E-state index in [-0.39, 0.29) is 23.1 Å². The second-order valence-corrected chi connectivity index (χ2v) is 6.89. The fourth-order valence-corrected chi connectivity index (χ4v) is 2.88. The molecule has 0 aliphatic heterocycles. The first-order valence-corrected chi connectivity index (χ1v) is 9.82. The number of ether oxygens (including phenoxy) is 2. The standard InChI is InChI=1S/C22H20ClN3O5/c1-3-30-22(29)21-18(31-13-19(27)24-15-10-8-14(2)9-11-15)12-20(28)26(25-21)17-7-5-4-6-16(17)23/h4-12H,3,13H2,1-2H3,(H,24,27). The van der Waals surface area contributed by atoms with Gasteiger partial charge in [-0.05, 0) is 38.1 Å². The van der Waals surface area contributed by atoms with Gasteiger partial charge in [-0.15, -0.1) is 0 Å². The SMILES string of the molecule is CCOC(=O)c1nn(-c2ccccc2Cl)c(=O)cc1OCC(=O)Nc1ccc(C)cc1. The number of para-hydroxylation sites is 1. The number of aryl methyl sites for hydroxylation is 1. The van der Waals surface area contributed by atoms with Crippen LogP contribution in [0.25, 0.3) is 5.69 Å². The summed E-state index contributed by atoms with van der Waals surface area (Å²) in [6, 6.07) is 14.8. The number of carbonyl (C=O) groups is 2. The molecule has 0 radical (unpaired) electrons. The molecule has 0 spiro atoms. The Hall–Kier alpha value is -3.65. The zero-order chi connectivity index (χ0) is 22.4. The number of hydrogen-bond acceptors (Lipinski definition) is 6. The number of hydrogen-bond donors (Lipinski definition) is 1. The van der Waals surface area contributed by atoms with Crippen molar-refractivity contribution in [3.05, 3.63) is 81.2 Å². The van der Waals surface area contributed by atoms with Gasteiger partial charge in [0.05, 0.1) is 23.4 Å². The average Bonchev–Trinajstić information content (AvgIpc) is 2.75. The van der Waals surface area contributed by atoms with E-state index in [1.807, 2.05) is 19.1 Å². The Morgan fingerprint density at radius 2 is 1.84 bits per heavy atom. The molecular weight excluding hydrogens is 422 g/mol. The molecule has 1 amide bonds. The molecular formula is C22H20ClN3O5. The van der Waals surface area contributed by atoms with Gasteiger partial charge in [-0.3, -0.25) is 9.59 Å². The second-order valence-electron chi connectivity index (χ2n) is 6.48. The minimum absolute atomic E-state index is 0.0963. The minimum atomic E-state index is -0.794. The zero-order valence-electron chi connectivity index (χ0n) is 16.9. The number of esters is 1. The molecule has 1 heterocycles. The molecule has 0 saturated heterocycles. The lowest BCUT2D eigenvalue weighted by Crippen LogP contribution is -2.27. The largest absolute Gasteiger partial charge is 0.481 e. The lowest BCUT2D eigenvalue weighted by molar-refractivity contribution is -0.118. The molecule has 160 valence electrons. The number of halogens is 1. The molecule has 0 unspecified atom stereocenters. The van der Waals surface area contributed by atoms with Crippen LogP contribution in [0.15, 0.2) is 59.4 Å². The van der Waals surface area contributed by atoms with E-state index >= 15 is 0 Å². The molecule has 0 saturated carbocycles. The first-order valence-electron chi connectivity index (χ1n) is 9.44. The summed E-state index contributed by atoms with van der Waals surface area (Å²) in [5.41, 5.74) is 1.11. The van der Waals surface area contributed by atoms with Crippen LogP contribution in [0.5, 0.6) is 5.75 Å². The first kappa shape index (κ1) is 22.0. The highest BCUT2D eigenvalue weighted by atomic mass is 35.5. The molecule has 31 heavy (non-hydrogen) atoms. The van der Waals surface area contributed by atoms with Crippen LogP contribution in [0.2, 0.25) is 5.02 Å². The Labute approximate surface area is 183 Å². The van der Waals surface area contributed by atoms with Crippen molar-refractivity contribution in [2.45, 2.75) is 13.8 Å². The van der Waals surface area contributed by atoms with E-state index in [2.05, 4.69) is 10.4 Å². The van der Waals surface area contributed by atoms with E-state index in [1.54, 1.807) is 43.3 Å². The van der Waals surface area contributed by atoms with Crippen LogP contribution in [-0.4, -0.2) is 34.9 Å². The maximum Gasteiger partial charge on any atom is 0.362 e. The van der Waals surface area contributed by atoms with Gasteiger partial charge in [0, 0.05) is 5.69 Å². The Balaban J connectivity index is 1.86. The molecule has 0 aliphatic carbocycles. The number of carbonyl (C=O) groups excluding carboxylic acids is 2. The van der Waals surface area contributed by atoms with E-state index in [9.17, 15) is 14.4 Å². The van der Waals surface area contributed by atoms with Gasteiger partial charge in [-0.25, -0.2) is 4.79 Å². The Morgan fingerprint density at radius 1 is 1.13 bits per heavy atom. The van der Waals surface area contributed by atoms with Crippen molar-refractivity contribution in [3.63, 3.8) is 0 Å². The van der Waals surface area contributed by atoms with Gasteiger partial charge in [-0.1, -0.05) is 41.4 Å². The highest BCUT2D eigenvalue weighted by Gasteiger charge is 2.21. The molecule has 0 bridgehead atoms. The second kappa shape index (κ2) is 9.90. The Bertz CT molecular complexity index is 1160. The van der Waals surface area contributed by atoms with Crippen molar-refractivity contribution in [1.29, 1.82) is 0 Å². The number of aromatic nitrogens is 2. The first-order chi connectivity index (χ1) is 14.9. The van der Waals surface area contributed by atoms with Crippen LogP contribution >= 0.6 is 11.6 Å². The molecule has 0 fully saturated rings. The summed E-state index contributed by atoms with van der Waals surface area (Å²) < 4.78 is 11.4. The summed E-state index contributed by atoms with van der Waals surface area (Å²) >= 11 is 6.15. The number of amides is 1. The Kier molecular flexibility index (Phi) is 7.04. The summed E-state index contributed by atoms with van der Waals surface area (Å²) in [7, 11) is 0. The monoisotopic (exact) mass is 441 g/mol. The van der Waals surface area contributed by atoms with E-state index in [0.29, 0.717) is 11.4 Å². The predicted molar refractivity (Wildman–Crippen MR) is 116 cm³/mol. The fraction of sp³-hybridized carbons (Fsp3) is 0.182. The molecule has 3 rings (SSSR count). The maximum absolute atomic E-state index is 12.6. The quantitative estimate of drug-likeness (QED) is 0.564. The molecule has 0 atom stereocenters. The van der Waals surface area contributed by atoms with E-state index in [1.165, 1.54) is 0 Å². The number of benzene rings is 2. The third-order valence-corrected chi connectivity index (χ3v) is 4.46. The van der Waals surface area contributed by atoms with E-state index in [4.69, 9.17) is 21.1 Å². The van der Waals surface area contributed by atoms with Crippen molar-refractivity contribution >= 4 is 29.2 Å². The lowest BCUT2D eigenvalue weighted by Gasteiger charge is -2.13. The summed E-state index contributed by atoms with van der Waals surface area (Å²) in [4.78, 5) is 37.2. The topological polar surface area (TPSA) is 99.5 Å². The molecule has 0 aliphatic rings. The molecule has 3 aromatic rings. The highest BCUT2D eigenvalue weighted by molar-refractivity contribution is 6.32. The van der Waals surface area contributed by atoms with Gasteiger partial charge in [0.15, 0.2) is 12.4 Å². The number of nitrogens with zero attached hydrogens (tertiary/aromatic N) is 2. The zero-order valence-corrected chi connectivity index (χ0v) is 17.7. The average molecular weight is 442 g/mol. The van der Waals surface area contributed by atoms with Gasteiger partial charge < -0.3 is 14.8 Å². The normalized spacial score (nSPS) is 10.4. The smallest absolute Gasteiger partial charge is 0.362 e. The molecule has 1 aromatic heterocycles. The summed E-state index contributed by atoms with van der Waals surface area (Å²) in [6.07, 6.45) is 0. The molecule has 9 heteroatoms. The molecule has 8 nitrogen and oxygen atoms in total. The highest BCUT2D eigenvalue weighted by Crippen LogP contribution is 2.20. The minimum Gasteiger partial charge on any atom is -0.481 e. The Morgan fingerprint density at radius 3 is 2.52 bits per heavy atom. The third-order valence-electron chi connectivity index (χ3n) is 4.14. The van der Waals surface area contributed by atoms with Crippen molar-refractivity contribution < 1.29 is 19.1 Å².